The van der Waals surface area contributed by atoms with E-state index in [9.17, 15) is 9.90 Å². The molecule has 0 saturated carbocycles. The van der Waals surface area contributed by atoms with E-state index in [0.29, 0.717) is 17.5 Å². The molecule has 0 bridgehead atoms. The van der Waals surface area contributed by atoms with Gasteiger partial charge in [0, 0.05) is 17.6 Å². The molecule has 0 aliphatic heterocycles. The zero-order valence-electron chi connectivity index (χ0n) is 11.8. The van der Waals surface area contributed by atoms with E-state index in [4.69, 9.17) is 4.74 Å². The minimum absolute atomic E-state index is 0.00199. The summed E-state index contributed by atoms with van der Waals surface area (Å²) in [5.74, 6) is -0.0925. The van der Waals surface area contributed by atoms with Crippen LogP contribution in [0.15, 0.2) is 23.0 Å². The quantitative estimate of drug-likeness (QED) is 0.709. The van der Waals surface area contributed by atoms with Crippen LogP contribution in [0.1, 0.15) is 26.7 Å². The predicted octanol–water partition coefficient (Wildman–Crippen LogP) is 2.84. The third-order valence-corrected chi connectivity index (χ3v) is 3.07. The van der Waals surface area contributed by atoms with Crippen molar-refractivity contribution in [1.29, 1.82) is 0 Å². The Morgan fingerprint density at radius 2 is 2.15 bits per heavy atom. The first-order valence-electron chi connectivity index (χ1n) is 6.93. The molecule has 5 heteroatoms. The molecule has 5 nitrogen and oxygen atoms in total. The molecule has 0 spiro atoms. The van der Waals surface area contributed by atoms with Crippen LogP contribution in [0.5, 0.6) is 11.5 Å². The van der Waals surface area contributed by atoms with Crippen molar-refractivity contribution in [2.24, 2.45) is 0 Å². The summed E-state index contributed by atoms with van der Waals surface area (Å²) in [6.45, 7) is 5.25. The number of ether oxygens (including phenoxy) is 1. The summed E-state index contributed by atoms with van der Waals surface area (Å²) >= 11 is 0. The summed E-state index contributed by atoms with van der Waals surface area (Å²) < 4.78 is 5.38. The number of fused-ring (bicyclic) bond motifs is 1. The Bertz CT molecular complexity index is 649. The number of hydrogen-bond donors (Lipinski definition) is 3. The first kappa shape index (κ1) is 14.2. The number of aromatic hydroxyl groups is 1. The monoisotopic (exact) mass is 276 g/mol. The van der Waals surface area contributed by atoms with Gasteiger partial charge < -0.3 is 20.1 Å². The molecule has 1 aromatic carbocycles. The molecule has 0 fully saturated rings. The average molecular weight is 276 g/mol. The molecule has 0 radical (unpaired) electrons. The highest BCUT2D eigenvalue weighted by molar-refractivity contribution is 5.89. The third kappa shape index (κ3) is 2.87. The maximum Gasteiger partial charge on any atom is 0.294 e. The van der Waals surface area contributed by atoms with Crippen molar-refractivity contribution in [2.45, 2.75) is 26.7 Å². The maximum absolute atomic E-state index is 12.0. The molecule has 0 atom stereocenters. The number of pyridine rings is 1. The molecule has 0 saturated heterocycles. The van der Waals surface area contributed by atoms with Crippen molar-refractivity contribution in [3.8, 4) is 11.5 Å². The molecule has 0 unspecified atom stereocenters. The molecule has 0 amide bonds. The zero-order valence-corrected chi connectivity index (χ0v) is 11.8. The Kier molecular flexibility index (Phi) is 4.50. The van der Waals surface area contributed by atoms with Gasteiger partial charge in [-0.05, 0) is 31.5 Å². The molecule has 3 N–H and O–H groups in total. The van der Waals surface area contributed by atoms with E-state index in [1.165, 1.54) is 0 Å². The van der Waals surface area contributed by atoms with Crippen molar-refractivity contribution in [3.63, 3.8) is 0 Å². The minimum Gasteiger partial charge on any atom is -0.504 e. The van der Waals surface area contributed by atoms with E-state index in [2.05, 4.69) is 10.3 Å². The first-order chi connectivity index (χ1) is 9.67. The van der Waals surface area contributed by atoms with Gasteiger partial charge in [-0.25, -0.2) is 0 Å². The summed E-state index contributed by atoms with van der Waals surface area (Å²) in [6.07, 6.45) is 1.81. The Morgan fingerprint density at radius 3 is 2.85 bits per heavy atom. The second-order valence-corrected chi connectivity index (χ2v) is 4.62. The van der Waals surface area contributed by atoms with Gasteiger partial charge in [0.15, 0.2) is 5.75 Å². The number of nitrogens with one attached hydrogen (secondary N) is 2. The summed E-state index contributed by atoms with van der Waals surface area (Å²) in [6, 6.07) is 5.43. The summed E-state index contributed by atoms with van der Waals surface area (Å²) in [5, 5.41) is 13.9. The highest BCUT2D eigenvalue weighted by Crippen LogP contribution is 2.31. The molecule has 20 heavy (non-hydrogen) atoms. The van der Waals surface area contributed by atoms with Gasteiger partial charge >= 0.3 is 0 Å². The zero-order chi connectivity index (χ0) is 14.5. The average Bonchev–Trinajstić information content (AvgIpc) is 2.42. The molecule has 1 aromatic heterocycles. The van der Waals surface area contributed by atoms with E-state index in [1.807, 2.05) is 19.9 Å². The lowest BCUT2D eigenvalue weighted by atomic mass is 10.1. The molecule has 1 heterocycles. The van der Waals surface area contributed by atoms with Crippen LogP contribution in [0, 0.1) is 0 Å². The van der Waals surface area contributed by atoms with Crippen LogP contribution in [0.4, 0.5) is 5.69 Å². The fourth-order valence-electron chi connectivity index (χ4n) is 2.03. The highest BCUT2D eigenvalue weighted by atomic mass is 16.5. The first-order valence-corrected chi connectivity index (χ1v) is 6.93. The van der Waals surface area contributed by atoms with Crippen LogP contribution in [0.3, 0.4) is 0 Å². The fraction of sp³-hybridized carbons (Fsp3) is 0.400. The number of aromatic nitrogens is 1. The Labute approximate surface area is 117 Å². The third-order valence-electron chi connectivity index (χ3n) is 3.07. The van der Waals surface area contributed by atoms with Crippen molar-refractivity contribution >= 4 is 16.6 Å². The molecule has 108 valence electrons. The Balaban J connectivity index is 2.42. The number of unbranched alkanes of at least 4 members (excludes halogenated alkanes) is 1. The fourth-order valence-corrected chi connectivity index (χ4v) is 2.03. The Hall–Kier alpha value is -2.17. The van der Waals surface area contributed by atoms with Crippen LogP contribution in [-0.4, -0.2) is 23.2 Å². The van der Waals surface area contributed by atoms with E-state index in [1.54, 1.807) is 12.1 Å². The second-order valence-electron chi connectivity index (χ2n) is 4.62. The van der Waals surface area contributed by atoms with Crippen LogP contribution in [-0.2, 0) is 0 Å². The largest absolute Gasteiger partial charge is 0.504 e. The predicted molar refractivity (Wildman–Crippen MR) is 80.8 cm³/mol. The smallest absolute Gasteiger partial charge is 0.294 e. The molecule has 2 rings (SSSR count). The van der Waals surface area contributed by atoms with Gasteiger partial charge in [0.25, 0.3) is 5.56 Å². The van der Waals surface area contributed by atoms with Crippen molar-refractivity contribution in [2.75, 3.05) is 18.5 Å². The van der Waals surface area contributed by atoms with Gasteiger partial charge in [0.05, 0.1) is 12.1 Å². The lowest BCUT2D eigenvalue weighted by molar-refractivity contribution is 0.290. The van der Waals surface area contributed by atoms with Crippen LogP contribution >= 0.6 is 0 Å². The van der Waals surface area contributed by atoms with Gasteiger partial charge in [0.1, 0.15) is 0 Å². The van der Waals surface area contributed by atoms with Crippen LogP contribution in [0.25, 0.3) is 10.9 Å². The van der Waals surface area contributed by atoms with Gasteiger partial charge in [-0.3, -0.25) is 4.79 Å². The lowest BCUT2D eigenvalue weighted by Crippen LogP contribution is -2.12. The van der Waals surface area contributed by atoms with Gasteiger partial charge in [-0.2, -0.15) is 0 Å². The van der Waals surface area contributed by atoms with Crippen LogP contribution in [0.2, 0.25) is 0 Å². The summed E-state index contributed by atoms with van der Waals surface area (Å²) in [7, 11) is 0. The van der Waals surface area contributed by atoms with Gasteiger partial charge in [-0.1, -0.05) is 13.3 Å². The summed E-state index contributed by atoms with van der Waals surface area (Å²) in [5.41, 5.74) is 1.09. The second kappa shape index (κ2) is 6.32. The van der Waals surface area contributed by atoms with Crippen molar-refractivity contribution in [1.82, 2.24) is 4.98 Å². The molecule has 0 aliphatic carbocycles. The lowest BCUT2D eigenvalue weighted by Gasteiger charge is -2.10. The van der Waals surface area contributed by atoms with Gasteiger partial charge in [0.2, 0.25) is 5.75 Å². The van der Waals surface area contributed by atoms with Crippen molar-refractivity contribution in [3.05, 3.63) is 28.6 Å². The van der Waals surface area contributed by atoms with Gasteiger partial charge in [-0.15, -0.1) is 0 Å². The molecule has 2 aromatic rings. The molecular formula is C15H20N2O3. The van der Waals surface area contributed by atoms with E-state index in [0.717, 1.165) is 25.1 Å². The van der Waals surface area contributed by atoms with Crippen molar-refractivity contribution < 1.29 is 9.84 Å². The molecular weight excluding hydrogens is 256 g/mol. The number of hydrogen-bond acceptors (Lipinski definition) is 4. The number of rotatable bonds is 6. The normalized spacial score (nSPS) is 10.7. The Morgan fingerprint density at radius 1 is 1.35 bits per heavy atom. The molecule has 0 aliphatic rings. The highest BCUT2D eigenvalue weighted by Gasteiger charge is 2.13. The van der Waals surface area contributed by atoms with E-state index in [-0.39, 0.29) is 11.5 Å². The standard InChI is InChI=1S/C15H20N2O3/c1-3-5-8-20-14-13(18)11-7-6-10(16-4-2)9-12(11)17-15(14)19/h6-7,9,16H,3-5,8H2,1-2H3,(H2,17,18,19). The topological polar surface area (TPSA) is 74.3 Å². The van der Waals surface area contributed by atoms with E-state index >= 15 is 0 Å². The number of benzene rings is 1. The number of anilines is 1. The minimum atomic E-state index is -0.403. The maximum atomic E-state index is 12.0. The number of H-pyrrole nitrogens is 1. The summed E-state index contributed by atoms with van der Waals surface area (Å²) in [4.78, 5) is 14.7. The SMILES string of the molecule is CCCCOc1c(O)c2ccc(NCC)cc2[nH]c1=O. The number of aromatic amines is 1. The van der Waals surface area contributed by atoms with E-state index < -0.39 is 5.56 Å². The van der Waals surface area contributed by atoms with Crippen LogP contribution < -0.4 is 15.6 Å².